The first-order chi connectivity index (χ1) is 13.6. The third kappa shape index (κ3) is 3.67. The van der Waals surface area contributed by atoms with E-state index in [2.05, 4.69) is 36.4 Å². The molecule has 0 atom stereocenters. The molecule has 0 aliphatic carbocycles. The van der Waals surface area contributed by atoms with E-state index in [1.807, 2.05) is 23.6 Å². The molecule has 0 fully saturated rings. The predicted molar refractivity (Wildman–Crippen MR) is 117 cm³/mol. The van der Waals surface area contributed by atoms with Gasteiger partial charge in [0.2, 0.25) is 11.8 Å². The van der Waals surface area contributed by atoms with Gasteiger partial charge < -0.3 is 9.80 Å². The fraction of sp³-hybridized carbons (Fsp3) is 0.364. The van der Waals surface area contributed by atoms with Gasteiger partial charge in [-0.05, 0) is 74.2 Å². The summed E-state index contributed by atoms with van der Waals surface area (Å²) in [5, 5.41) is 0. The molecule has 0 radical (unpaired) electrons. The van der Waals surface area contributed by atoms with Crippen LogP contribution >= 0.6 is 21.6 Å². The Labute approximate surface area is 174 Å². The minimum absolute atomic E-state index is 0.221. The summed E-state index contributed by atoms with van der Waals surface area (Å²) in [5.74, 6) is 0.442. The number of fused-ring (bicyclic) bond motifs is 2. The number of aryl methyl sites for hydroxylation is 2. The third-order valence-electron chi connectivity index (χ3n) is 5.37. The molecule has 2 aliphatic heterocycles. The predicted octanol–water partition coefficient (Wildman–Crippen LogP) is 5.08. The molecule has 4 rings (SSSR count). The number of anilines is 2. The number of hydrogen-bond acceptors (Lipinski definition) is 4. The summed E-state index contributed by atoms with van der Waals surface area (Å²) in [7, 11) is 3.49. The molecule has 0 aromatic heterocycles. The summed E-state index contributed by atoms with van der Waals surface area (Å²) < 4.78 is 0. The number of nitrogens with zero attached hydrogens (tertiary/aromatic N) is 2. The minimum Gasteiger partial charge on any atom is -0.312 e. The van der Waals surface area contributed by atoms with Gasteiger partial charge in [0.15, 0.2) is 0 Å². The zero-order valence-electron chi connectivity index (χ0n) is 16.2. The van der Waals surface area contributed by atoms with Gasteiger partial charge in [0.25, 0.3) is 0 Å². The van der Waals surface area contributed by atoms with E-state index in [0.717, 1.165) is 37.3 Å². The van der Waals surface area contributed by atoms with Crippen molar-refractivity contribution in [3.63, 3.8) is 0 Å². The van der Waals surface area contributed by atoms with E-state index < -0.39 is 0 Å². The van der Waals surface area contributed by atoms with E-state index >= 15 is 0 Å². The van der Waals surface area contributed by atoms with Gasteiger partial charge in [0.1, 0.15) is 0 Å². The van der Waals surface area contributed by atoms with Crippen LogP contribution in [0.1, 0.15) is 37.8 Å². The average Bonchev–Trinajstić information content (AvgIpc) is 2.72. The van der Waals surface area contributed by atoms with E-state index in [1.54, 1.807) is 21.6 Å². The molecule has 2 heterocycles. The molecular formula is C22H24N2O2S2. The van der Waals surface area contributed by atoms with E-state index in [1.165, 1.54) is 20.9 Å². The lowest BCUT2D eigenvalue weighted by atomic mass is 10.0. The minimum atomic E-state index is 0.221. The van der Waals surface area contributed by atoms with Gasteiger partial charge in [-0.3, -0.25) is 9.59 Å². The summed E-state index contributed by atoms with van der Waals surface area (Å²) in [5.41, 5.74) is 4.64. The van der Waals surface area contributed by atoms with Crippen LogP contribution in [-0.2, 0) is 22.4 Å². The highest BCUT2D eigenvalue weighted by molar-refractivity contribution is 8.76. The van der Waals surface area contributed by atoms with Crippen LogP contribution in [0, 0.1) is 0 Å². The van der Waals surface area contributed by atoms with Crippen LogP contribution in [0.4, 0.5) is 11.4 Å². The smallest absolute Gasteiger partial charge is 0.227 e. The highest BCUT2D eigenvalue weighted by atomic mass is 33.1. The van der Waals surface area contributed by atoms with Crippen LogP contribution < -0.4 is 9.80 Å². The quantitative estimate of drug-likeness (QED) is 0.642. The lowest BCUT2D eigenvalue weighted by Gasteiger charge is -2.29. The van der Waals surface area contributed by atoms with E-state index in [-0.39, 0.29) is 11.8 Å². The SMILES string of the molecule is CCN1C(=O)CCc2cc(SSc3ccc4c(c3)CCC(=O)N4CC)ccc21. The zero-order chi connectivity index (χ0) is 19.7. The maximum atomic E-state index is 12.1. The molecule has 28 heavy (non-hydrogen) atoms. The number of hydrogen-bond donors (Lipinski definition) is 0. The van der Waals surface area contributed by atoms with Gasteiger partial charge in [-0.1, -0.05) is 21.6 Å². The molecule has 4 nitrogen and oxygen atoms in total. The van der Waals surface area contributed by atoms with Gasteiger partial charge in [0, 0.05) is 47.1 Å². The Hall–Kier alpha value is -1.92. The number of carbonyl (C=O) groups is 2. The standard InChI is InChI=1S/C22H24N2O2S2/c1-3-23-19-9-7-17(13-15(19)5-11-21(23)25)27-28-18-8-10-20-16(14-18)6-12-22(26)24(20)4-2/h7-10,13-14H,3-6,11-12H2,1-2H3. The van der Waals surface area contributed by atoms with E-state index in [4.69, 9.17) is 0 Å². The highest BCUT2D eigenvalue weighted by Gasteiger charge is 2.24. The summed E-state index contributed by atoms with van der Waals surface area (Å²) in [6.45, 7) is 5.49. The molecule has 6 heteroatoms. The van der Waals surface area contributed by atoms with Crippen LogP contribution in [-0.4, -0.2) is 24.9 Å². The number of rotatable bonds is 5. The molecule has 0 bridgehead atoms. The monoisotopic (exact) mass is 412 g/mol. The molecule has 0 saturated carbocycles. The maximum absolute atomic E-state index is 12.1. The molecular weight excluding hydrogens is 388 g/mol. The van der Waals surface area contributed by atoms with E-state index in [0.29, 0.717) is 12.8 Å². The van der Waals surface area contributed by atoms with E-state index in [9.17, 15) is 9.59 Å². The maximum Gasteiger partial charge on any atom is 0.227 e. The lowest BCUT2D eigenvalue weighted by Crippen LogP contribution is -2.34. The van der Waals surface area contributed by atoms with Crippen molar-refractivity contribution in [1.29, 1.82) is 0 Å². The number of benzene rings is 2. The Bertz CT molecular complexity index is 853. The van der Waals surface area contributed by atoms with Crippen LogP contribution in [0.5, 0.6) is 0 Å². The topological polar surface area (TPSA) is 40.6 Å². The van der Waals surface area contributed by atoms with Crippen LogP contribution in [0.25, 0.3) is 0 Å². The van der Waals surface area contributed by atoms with Gasteiger partial charge in [-0.2, -0.15) is 0 Å². The molecule has 0 N–H and O–H groups in total. The third-order valence-corrected chi connectivity index (χ3v) is 7.75. The molecule has 2 amide bonds. The first kappa shape index (κ1) is 19.4. The molecule has 0 unspecified atom stereocenters. The lowest BCUT2D eigenvalue weighted by molar-refractivity contribution is -0.119. The summed E-state index contributed by atoms with van der Waals surface area (Å²) >= 11 is 0. The average molecular weight is 413 g/mol. The zero-order valence-corrected chi connectivity index (χ0v) is 17.9. The largest absolute Gasteiger partial charge is 0.312 e. The van der Waals surface area contributed by atoms with Gasteiger partial charge in [-0.25, -0.2) is 0 Å². The van der Waals surface area contributed by atoms with Crippen LogP contribution in [0.15, 0.2) is 46.2 Å². The molecule has 2 aliphatic rings. The Morgan fingerprint density at radius 2 is 1.14 bits per heavy atom. The normalized spacial score (nSPS) is 16.2. The Balaban J connectivity index is 1.48. The molecule has 0 saturated heterocycles. The van der Waals surface area contributed by atoms with Crippen LogP contribution in [0.2, 0.25) is 0 Å². The first-order valence-corrected chi connectivity index (χ1v) is 12.0. The summed E-state index contributed by atoms with van der Waals surface area (Å²) in [6, 6.07) is 12.8. The van der Waals surface area contributed by atoms with Crippen molar-refractivity contribution in [1.82, 2.24) is 0 Å². The van der Waals surface area contributed by atoms with Crippen molar-refractivity contribution in [3.8, 4) is 0 Å². The Kier molecular flexibility index (Phi) is 5.69. The van der Waals surface area contributed by atoms with Crippen molar-refractivity contribution < 1.29 is 9.59 Å². The molecule has 2 aromatic rings. The summed E-state index contributed by atoms with van der Waals surface area (Å²) in [6.07, 6.45) is 2.84. The number of amides is 2. The summed E-state index contributed by atoms with van der Waals surface area (Å²) in [4.78, 5) is 30.3. The van der Waals surface area contributed by atoms with Crippen molar-refractivity contribution in [2.75, 3.05) is 22.9 Å². The second-order valence-corrected chi connectivity index (χ2v) is 9.30. The fourth-order valence-electron chi connectivity index (χ4n) is 3.97. The second kappa shape index (κ2) is 8.21. The van der Waals surface area contributed by atoms with Gasteiger partial charge >= 0.3 is 0 Å². The first-order valence-electron chi connectivity index (χ1n) is 9.81. The van der Waals surface area contributed by atoms with Gasteiger partial charge in [0.05, 0.1) is 0 Å². The second-order valence-electron chi connectivity index (χ2n) is 7.02. The highest BCUT2D eigenvalue weighted by Crippen LogP contribution is 2.42. The van der Waals surface area contributed by atoms with Crippen molar-refractivity contribution >= 4 is 44.8 Å². The molecule has 2 aromatic carbocycles. The number of carbonyl (C=O) groups excluding carboxylic acids is 2. The van der Waals surface area contributed by atoms with Crippen molar-refractivity contribution in [2.45, 2.75) is 49.3 Å². The molecule has 146 valence electrons. The van der Waals surface area contributed by atoms with Crippen molar-refractivity contribution in [2.24, 2.45) is 0 Å². The fourth-order valence-corrected chi connectivity index (χ4v) is 5.99. The van der Waals surface area contributed by atoms with Crippen LogP contribution in [0.3, 0.4) is 0 Å². The van der Waals surface area contributed by atoms with Gasteiger partial charge in [-0.15, -0.1) is 0 Å². The Morgan fingerprint density at radius 3 is 1.54 bits per heavy atom. The Morgan fingerprint density at radius 1 is 0.714 bits per heavy atom. The molecule has 0 spiro atoms. The van der Waals surface area contributed by atoms with Crippen molar-refractivity contribution in [3.05, 3.63) is 47.5 Å².